The van der Waals surface area contributed by atoms with E-state index in [4.69, 9.17) is 0 Å². The SMILES string of the molecule is C1=CCN(C(c2ccccc2)c2ccccc2)CC1. The Morgan fingerprint density at radius 1 is 0.737 bits per heavy atom. The van der Waals surface area contributed by atoms with E-state index in [0.29, 0.717) is 6.04 Å². The van der Waals surface area contributed by atoms with Crippen molar-refractivity contribution in [3.05, 3.63) is 83.9 Å². The molecule has 1 aliphatic heterocycles. The van der Waals surface area contributed by atoms with Gasteiger partial charge in [-0.05, 0) is 17.5 Å². The van der Waals surface area contributed by atoms with Crippen LogP contribution < -0.4 is 0 Å². The zero-order valence-corrected chi connectivity index (χ0v) is 11.1. The molecule has 3 rings (SSSR count). The lowest BCUT2D eigenvalue weighted by Crippen LogP contribution is -2.32. The highest BCUT2D eigenvalue weighted by Crippen LogP contribution is 2.29. The van der Waals surface area contributed by atoms with Crippen molar-refractivity contribution in [2.45, 2.75) is 12.5 Å². The molecule has 0 saturated carbocycles. The molecule has 1 aliphatic rings. The van der Waals surface area contributed by atoms with Crippen LogP contribution in [0.4, 0.5) is 0 Å². The van der Waals surface area contributed by atoms with Gasteiger partial charge in [-0.2, -0.15) is 0 Å². The predicted molar refractivity (Wildman–Crippen MR) is 80.1 cm³/mol. The molecule has 0 amide bonds. The van der Waals surface area contributed by atoms with Crippen LogP contribution >= 0.6 is 0 Å². The Morgan fingerprint density at radius 2 is 1.32 bits per heavy atom. The Hall–Kier alpha value is -1.86. The van der Waals surface area contributed by atoms with E-state index in [1.165, 1.54) is 11.1 Å². The smallest absolute Gasteiger partial charge is 0.0604 e. The first-order valence-corrected chi connectivity index (χ1v) is 6.94. The number of benzene rings is 2. The van der Waals surface area contributed by atoms with E-state index in [1.54, 1.807) is 0 Å². The first kappa shape index (κ1) is 12.2. The minimum atomic E-state index is 0.368. The van der Waals surface area contributed by atoms with Gasteiger partial charge in [0.25, 0.3) is 0 Å². The lowest BCUT2D eigenvalue weighted by Gasteiger charge is -2.33. The Morgan fingerprint density at radius 3 is 1.79 bits per heavy atom. The largest absolute Gasteiger partial charge is 0.288 e. The quantitative estimate of drug-likeness (QED) is 0.742. The maximum absolute atomic E-state index is 2.55. The summed E-state index contributed by atoms with van der Waals surface area (Å²) in [5.74, 6) is 0. The monoisotopic (exact) mass is 249 g/mol. The van der Waals surface area contributed by atoms with Crippen LogP contribution in [-0.2, 0) is 0 Å². The molecule has 96 valence electrons. The summed E-state index contributed by atoms with van der Waals surface area (Å²) < 4.78 is 0. The third kappa shape index (κ3) is 2.77. The maximum atomic E-state index is 2.55. The van der Waals surface area contributed by atoms with Gasteiger partial charge < -0.3 is 0 Å². The lowest BCUT2D eigenvalue weighted by atomic mass is 9.96. The molecule has 19 heavy (non-hydrogen) atoms. The van der Waals surface area contributed by atoms with Gasteiger partial charge in [-0.15, -0.1) is 0 Å². The molecule has 0 unspecified atom stereocenters. The second-order valence-corrected chi connectivity index (χ2v) is 4.98. The molecule has 1 nitrogen and oxygen atoms in total. The first-order valence-electron chi connectivity index (χ1n) is 6.94. The highest BCUT2D eigenvalue weighted by atomic mass is 15.2. The number of hydrogen-bond donors (Lipinski definition) is 0. The van der Waals surface area contributed by atoms with E-state index >= 15 is 0 Å². The summed E-state index contributed by atoms with van der Waals surface area (Å²) in [7, 11) is 0. The number of hydrogen-bond acceptors (Lipinski definition) is 1. The molecule has 0 spiro atoms. The maximum Gasteiger partial charge on any atom is 0.0604 e. The van der Waals surface area contributed by atoms with Crippen LogP contribution in [0.2, 0.25) is 0 Å². The average Bonchev–Trinajstić information content (AvgIpc) is 2.51. The minimum Gasteiger partial charge on any atom is -0.288 e. The van der Waals surface area contributed by atoms with Crippen molar-refractivity contribution < 1.29 is 0 Å². The van der Waals surface area contributed by atoms with Crippen LogP contribution in [0.5, 0.6) is 0 Å². The van der Waals surface area contributed by atoms with E-state index in [0.717, 1.165) is 19.5 Å². The third-order valence-electron chi connectivity index (χ3n) is 3.69. The fourth-order valence-corrected chi connectivity index (χ4v) is 2.78. The lowest BCUT2D eigenvalue weighted by molar-refractivity contribution is 0.247. The standard InChI is InChI=1S/C18H19N/c1-4-10-16(11-5-1)18(17-12-6-2-7-13-17)19-14-8-3-9-15-19/h1-8,10-13,18H,9,14-15H2. The number of nitrogens with zero attached hydrogens (tertiary/aromatic N) is 1. The number of rotatable bonds is 3. The fourth-order valence-electron chi connectivity index (χ4n) is 2.78. The third-order valence-corrected chi connectivity index (χ3v) is 3.69. The molecule has 0 aliphatic carbocycles. The summed E-state index contributed by atoms with van der Waals surface area (Å²) in [4.78, 5) is 2.55. The molecule has 0 radical (unpaired) electrons. The van der Waals surface area contributed by atoms with E-state index in [9.17, 15) is 0 Å². The van der Waals surface area contributed by atoms with E-state index in [1.807, 2.05) is 0 Å². The molecule has 0 aromatic heterocycles. The predicted octanol–water partition coefficient (Wildman–Crippen LogP) is 4.04. The summed E-state index contributed by atoms with van der Waals surface area (Å²) in [5.41, 5.74) is 2.76. The molecule has 0 fully saturated rings. The van der Waals surface area contributed by atoms with Crippen molar-refractivity contribution in [1.82, 2.24) is 4.90 Å². The van der Waals surface area contributed by atoms with Gasteiger partial charge >= 0.3 is 0 Å². The van der Waals surface area contributed by atoms with Crippen molar-refractivity contribution in [1.29, 1.82) is 0 Å². The second kappa shape index (κ2) is 5.85. The zero-order chi connectivity index (χ0) is 12.9. The highest BCUT2D eigenvalue weighted by Gasteiger charge is 2.21. The highest BCUT2D eigenvalue weighted by molar-refractivity contribution is 5.32. The molecule has 0 saturated heterocycles. The molecule has 1 heterocycles. The van der Waals surface area contributed by atoms with Crippen LogP contribution in [-0.4, -0.2) is 18.0 Å². The van der Waals surface area contributed by atoms with Gasteiger partial charge in [-0.3, -0.25) is 4.90 Å². The Kier molecular flexibility index (Phi) is 3.75. The molecule has 2 aromatic rings. The van der Waals surface area contributed by atoms with Crippen molar-refractivity contribution in [3.63, 3.8) is 0 Å². The molecule has 2 aromatic carbocycles. The van der Waals surface area contributed by atoms with Crippen LogP contribution in [0.15, 0.2) is 72.8 Å². The Balaban J connectivity index is 1.98. The van der Waals surface area contributed by atoms with Crippen molar-refractivity contribution >= 4 is 0 Å². The summed E-state index contributed by atoms with van der Waals surface area (Å²) >= 11 is 0. The van der Waals surface area contributed by atoms with Crippen LogP contribution in [0.3, 0.4) is 0 Å². The van der Waals surface area contributed by atoms with Gasteiger partial charge in [-0.25, -0.2) is 0 Å². The zero-order valence-electron chi connectivity index (χ0n) is 11.1. The van der Waals surface area contributed by atoms with Gasteiger partial charge in [0.1, 0.15) is 0 Å². The van der Waals surface area contributed by atoms with Gasteiger partial charge in [0, 0.05) is 13.1 Å². The molecule has 0 bridgehead atoms. The minimum absolute atomic E-state index is 0.368. The second-order valence-electron chi connectivity index (χ2n) is 4.98. The van der Waals surface area contributed by atoms with E-state index in [-0.39, 0.29) is 0 Å². The van der Waals surface area contributed by atoms with Crippen LogP contribution in [0.1, 0.15) is 23.6 Å². The van der Waals surface area contributed by atoms with Gasteiger partial charge in [0.15, 0.2) is 0 Å². The van der Waals surface area contributed by atoms with Crippen molar-refractivity contribution in [3.8, 4) is 0 Å². The molecular formula is C18H19N. The Labute approximate surface area is 115 Å². The van der Waals surface area contributed by atoms with Gasteiger partial charge in [0.2, 0.25) is 0 Å². The molecule has 0 N–H and O–H groups in total. The van der Waals surface area contributed by atoms with Gasteiger partial charge in [0.05, 0.1) is 6.04 Å². The van der Waals surface area contributed by atoms with E-state index < -0.39 is 0 Å². The molecule has 0 atom stereocenters. The summed E-state index contributed by atoms with van der Waals surface area (Å²) in [6.07, 6.45) is 5.71. The fraction of sp³-hybridized carbons (Fsp3) is 0.222. The molecular weight excluding hydrogens is 230 g/mol. The topological polar surface area (TPSA) is 3.24 Å². The summed E-state index contributed by atoms with van der Waals surface area (Å²) in [6, 6.07) is 22.0. The van der Waals surface area contributed by atoms with Crippen molar-refractivity contribution in [2.24, 2.45) is 0 Å². The van der Waals surface area contributed by atoms with E-state index in [2.05, 4.69) is 77.7 Å². The van der Waals surface area contributed by atoms with Crippen molar-refractivity contribution in [2.75, 3.05) is 13.1 Å². The van der Waals surface area contributed by atoms with Gasteiger partial charge in [-0.1, -0.05) is 72.8 Å². The first-order chi connectivity index (χ1) is 9.45. The Bertz CT molecular complexity index is 491. The van der Waals surface area contributed by atoms with Crippen LogP contribution in [0.25, 0.3) is 0 Å². The normalized spacial score (nSPS) is 15.8. The van der Waals surface area contributed by atoms with Crippen LogP contribution in [0, 0.1) is 0 Å². The molecule has 1 heteroatoms. The summed E-state index contributed by atoms with van der Waals surface area (Å²) in [6.45, 7) is 2.17. The summed E-state index contributed by atoms with van der Waals surface area (Å²) in [5, 5.41) is 0. The average molecular weight is 249 g/mol.